The molecule has 19 heavy (non-hydrogen) atoms. The molecular formula is C11H10N2O5S. The highest BCUT2D eigenvalue weighted by Gasteiger charge is 2.11. The molecule has 0 bridgehead atoms. The van der Waals surface area contributed by atoms with Crippen molar-refractivity contribution in [3.63, 3.8) is 0 Å². The molecule has 100 valence electrons. The van der Waals surface area contributed by atoms with Gasteiger partial charge in [-0.05, 0) is 30.7 Å². The molecule has 1 aromatic rings. The number of allylic oxidation sites excluding steroid dienone is 1. The van der Waals surface area contributed by atoms with Crippen LogP contribution in [0, 0.1) is 11.3 Å². The van der Waals surface area contributed by atoms with Crippen LogP contribution in [0.4, 0.5) is 0 Å². The fourth-order valence-corrected chi connectivity index (χ4v) is 1.58. The molecule has 0 fully saturated rings. The number of carbonyl (C=O) groups excluding carboxylic acids is 1. The Balaban J connectivity index is 3.24. The van der Waals surface area contributed by atoms with Gasteiger partial charge in [0.25, 0.3) is 0 Å². The Labute approximate surface area is 109 Å². The van der Waals surface area contributed by atoms with E-state index in [-0.39, 0.29) is 5.57 Å². The molecule has 8 heteroatoms. The van der Waals surface area contributed by atoms with Gasteiger partial charge < -0.3 is 9.29 Å². The van der Waals surface area contributed by atoms with E-state index in [1.165, 1.54) is 19.1 Å². The van der Waals surface area contributed by atoms with Crippen LogP contribution in [-0.2, 0) is 15.1 Å². The molecule has 1 rings (SSSR count). The Morgan fingerprint density at radius 1 is 1.53 bits per heavy atom. The van der Waals surface area contributed by atoms with Gasteiger partial charge in [-0.2, -0.15) is 18.8 Å². The minimum Gasteiger partial charge on any atom is -0.504 e. The fraction of sp³-hybridized carbons (Fsp3) is 0.0909. The van der Waals surface area contributed by atoms with Crippen LogP contribution in [0.25, 0.3) is 6.08 Å². The highest BCUT2D eigenvalue weighted by Crippen LogP contribution is 2.28. The van der Waals surface area contributed by atoms with Gasteiger partial charge in [0.2, 0.25) is 0 Å². The van der Waals surface area contributed by atoms with Crippen LogP contribution in [0.2, 0.25) is 0 Å². The third-order valence-corrected chi connectivity index (χ3v) is 2.41. The lowest BCUT2D eigenvalue weighted by Gasteiger charge is -2.05. The Kier molecular flexibility index (Phi) is 4.26. The van der Waals surface area contributed by atoms with Gasteiger partial charge in [-0.3, -0.25) is 4.79 Å². The van der Waals surface area contributed by atoms with Gasteiger partial charge >= 0.3 is 10.3 Å². The van der Waals surface area contributed by atoms with Crippen LogP contribution in [0.1, 0.15) is 12.5 Å². The Bertz CT molecular complexity index is 686. The number of Topliss-reactive ketones (excluding diaryl/α,β-unsaturated/α-hetero) is 1. The molecule has 0 radical (unpaired) electrons. The number of carbonyl (C=O) groups is 1. The Morgan fingerprint density at radius 3 is 2.63 bits per heavy atom. The van der Waals surface area contributed by atoms with Crippen molar-refractivity contribution in [3.05, 3.63) is 29.3 Å². The smallest absolute Gasteiger partial charge is 0.380 e. The summed E-state index contributed by atoms with van der Waals surface area (Å²) in [7, 11) is -4.28. The van der Waals surface area contributed by atoms with Gasteiger partial charge in [-0.15, -0.1) is 0 Å². The molecule has 0 saturated heterocycles. The van der Waals surface area contributed by atoms with E-state index >= 15 is 0 Å². The zero-order valence-corrected chi connectivity index (χ0v) is 10.6. The predicted octanol–water partition coefficient (Wildman–Crippen LogP) is 0.470. The molecule has 0 aliphatic heterocycles. The quantitative estimate of drug-likeness (QED) is 0.609. The number of phenols is 1. The van der Waals surface area contributed by atoms with E-state index in [4.69, 9.17) is 5.26 Å². The summed E-state index contributed by atoms with van der Waals surface area (Å²) in [5, 5.41) is 22.8. The first-order valence-corrected chi connectivity index (χ1v) is 6.38. The summed E-state index contributed by atoms with van der Waals surface area (Å²) in [4.78, 5) is 11.1. The van der Waals surface area contributed by atoms with E-state index in [0.717, 1.165) is 12.1 Å². The van der Waals surface area contributed by atoms with Crippen LogP contribution in [-0.4, -0.2) is 19.3 Å². The van der Waals surface area contributed by atoms with E-state index in [1.807, 2.05) is 0 Å². The van der Waals surface area contributed by atoms with Crippen molar-refractivity contribution in [3.8, 4) is 17.6 Å². The maximum absolute atomic E-state index is 11.1. The van der Waals surface area contributed by atoms with Crippen molar-refractivity contribution < 1.29 is 22.5 Å². The molecule has 0 saturated carbocycles. The maximum atomic E-state index is 11.1. The number of phenolic OH excluding ortho intramolecular Hbond substituents is 1. The van der Waals surface area contributed by atoms with E-state index in [0.29, 0.717) is 5.56 Å². The van der Waals surface area contributed by atoms with Crippen LogP contribution in [0.15, 0.2) is 23.8 Å². The highest BCUT2D eigenvalue weighted by molar-refractivity contribution is 7.84. The first-order chi connectivity index (χ1) is 8.73. The summed E-state index contributed by atoms with van der Waals surface area (Å²) in [5.74, 6) is -1.27. The van der Waals surface area contributed by atoms with E-state index in [9.17, 15) is 18.3 Å². The zero-order chi connectivity index (χ0) is 14.6. The highest BCUT2D eigenvalue weighted by atomic mass is 32.2. The molecule has 0 atom stereocenters. The average Bonchev–Trinajstić information content (AvgIpc) is 2.27. The van der Waals surface area contributed by atoms with Crippen LogP contribution in [0.5, 0.6) is 11.5 Å². The summed E-state index contributed by atoms with van der Waals surface area (Å²) in [5.41, 5.74) is 0.190. The van der Waals surface area contributed by atoms with Crippen LogP contribution >= 0.6 is 0 Å². The number of hydrogen-bond acceptors (Lipinski definition) is 6. The topological polar surface area (TPSA) is 130 Å². The number of nitriles is 1. The van der Waals surface area contributed by atoms with Crippen molar-refractivity contribution in [2.45, 2.75) is 6.92 Å². The molecule has 0 aromatic heterocycles. The third-order valence-electron chi connectivity index (χ3n) is 2.00. The number of ketones is 1. The van der Waals surface area contributed by atoms with Crippen molar-refractivity contribution in [2.75, 3.05) is 0 Å². The second-order valence-corrected chi connectivity index (χ2v) is 4.68. The first kappa shape index (κ1) is 14.7. The SMILES string of the molecule is CC(=O)/C(C#N)=C\c1ccc(O)c(OS(N)(=O)=O)c1. The largest absolute Gasteiger partial charge is 0.504 e. The number of nitrogens with two attached hydrogens (primary N) is 1. The normalized spacial score (nSPS) is 11.7. The summed E-state index contributed by atoms with van der Waals surface area (Å²) in [6.45, 7) is 1.22. The lowest BCUT2D eigenvalue weighted by molar-refractivity contribution is -0.113. The van der Waals surface area contributed by atoms with Crippen molar-refractivity contribution in [1.29, 1.82) is 5.26 Å². The lowest BCUT2D eigenvalue weighted by Crippen LogP contribution is -2.19. The number of rotatable bonds is 4. The van der Waals surface area contributed by atoms with Crippen molar-refractivity contribution in [1.82, 2.24) is 0 Å². The predicted molar refractivity (Wildman–Crippen MR) is 66.1 cm³/mol. The first-order valence-electron chi connectivity index (χ1n) is 4.91. The summed E-state index contributed by atoms with van der Waals surface area (Å²) in [6, 6.07) is 5.37. The van der Waals surface area contributed by atoms with E-state index in [2.05, 4.69) is 9.32 Å². The van der Waals surface area contributed by atoms with Gasteiger partial charge in [0, 0.05) is 0 Å². The van der Waals surface area contributed by atoms with Crippen molar-refractivity contribution >= 4 is 22.2 Å². The number of hydrogen-bond donors (Lipinski definition) is 2. The van der Waals surface area contributed by atoms with Gasteiger partial charge in [0.1, 0.15) is 6.07 Å². The summed E-state index contributed by atoms with van der Waals surface area (Å²) in [6.07, 6.45) is 1.23. The maximum Gasteiger partial charge on any atom is 0.380 e. The Morgan fingerprint density at radius 2 is 2.16 bits per heavy atom. The third kappa shape index (κ3) is 4.42. The standard InChI is InChI=1S/C11H10N2O5S/c1-7(14)9(6-12)4-8-2-3-10(15)11(5-8)18-19(13,16)17/h2-5,15H,1H3,(H2,13,16,17)/b9-4-. The van der Waals surface area contributed by atoms with Crippen LogP contribution < -0.4 is 9.32 Å². The van der Waals surface area contributed by atoms with Crippen molar-refractivity contribution in [2.24, 2.45) is 5.14 Å². The monoisotopic (exact) mass is 282 g/mol. The molecule has 0 amide bonds. The summed E-state index contributed by atoms with van der Waals surface area (Å²) >= 11 is 0. The van der Waals surface area contributed by atoms with Crippen LogP contribution in [0.3, 0.4) is 0 Å². The molecular weight excluding hydrogens is 272 g/mol. The molecule has 0 aliphatic rings. The van der Waals surface area contributed by atoms with Gasteiger partial charge in [0.15, 0.2) is 17.3 Å². The van der Waals surface area contributed by atoms with E-state index in [1.54, 1.807) is 6.07 Å². The Hall–Kier alpha value is -2.37. The second-order valence-electron chi connectivity index (χ2n) is 3.53. The number of nitrogens with zero attached hydrogens (tertiary/aromatic N) is 1. The van der Waals surface area contributed by atoms with Gasteiger partial charge in [0.05, 0.1) is 5.57 Å². The average molecular weight is 282 g/mol. The summed E-state index contributed by atoms with van der Waals surface area (Å²) < 4.78 is 25.9. The fourth-order valence-electron chi connectivity index (χ4n) is 1.19. The number of benzene rings is 1. The minimum absolute atomic E-state index is 0.118. The molecule has 0 aliphatic carbocycles. The molecule has 0 spiro atoms. The second kappa shape index (κ2) is 5.51. The molecule has 3 N–H and O–H groups in total. The molecule has 0 unspecified atom stereocenters. The van der Waals surface area contributed by atoms with Gasteiger partial charge in [-0.25, -0.2) is 0 Å². The van der Waals surface area contributed by atoms with E-state index < -0.39 is 27.6 Å². The number of aromatic hydroxyl groups is 1. The molecule has 1 aromatic carbocycles. The molecule has 0 heterocycles. The lowest BCUT2D eigenvalue weighted by atomic mass is 10.1. The van der Waals surface area contributed by atoms with Gasteiger partial charge in [-0.1, -0.05) is 6.07 Å². The zero-order valence-electron chi connectivity index (χ0n) is 9.82. The molecule has 7 nitrogen and oxygen atoms in total. The minimum atomic E-state index is -4.28.